The van der Waals surface area contributed by atoms with Gasteiger partial charge in [-0.05, 0) is 36.6 Å². The van der Waals surface area contributed by atoms with Crippen molar-refractivity contribution >= 4 is 23.2 Å². The molecule has 1 atom stereocenters. The molecule has 0 aromatic heterocycles. The van der Waals surface area contributed by atoms with E-state index in [-0.39, 0.29) is 18.2 Å². The van der Waals surface area contributed by atoms with E-state index in [0.717, 1.165) is 24.1 Å². The fraction of sp³-hybridized carbons (Fsp3) is 0.364. The van der Waals surface area contributed by atoms with Crippen molar-refractivity contribution in [2.24, 2.45) is 0 Å². The van der Waals surface area contributed by atoms with Gasteiger partial charge in [-0.25, -0.2) is 0 Å². The minimum Gasteiger partial charge on any atom is -0.490 e. The van der Waals surface area contributed by atoms with Crippen LogP contribution in [0.5, 0.6) is 11.5 Å². The number of carbonyl (C=O) groups excluding carboxylic acids is 2. The second-order valence-corrected chi connectivity index (χ2v) is 6.74. The summed E-state index contributed by atoms with van der Waals surface area (Å²) in [5, 5.41) is 5.69. The zero-order chi connectivity index (χ0) is 19.9. The van der Waals surface area contributed by atoms with E-state index in [4.69, 9.17) is 9.47 Å². The molecule has 0 bridgehead atoms. The summed E-state index contributed by atoms with van der Waals surface area (Å²) in [7, 11) is 0. The SMILES string of the molecule is CCCOc1ccc(NC(=O)CC2C(=O)Nc3ccccc32)cc1OCCC. The van der Waals surface area contributed by atoms with Crippen LogP contribution in [0.3, 0.4) is 0 Å². The van der Waals surface area contributed by atoms with E-state index < -0.39 is 5.92 Å². The predicted molar refractivity (Wildman–Crippen MR) is 109 cm³/mol. The van der Waals surface area contributed by atoms with Gasteiger partial charge in [0.1, 0.15) is 0 Å². The van der Waals surface area contributed by atoms with Gasteiger partial charge in [0.25, 0.3) is 0 Å². The number of hydrogen-bond donors (Lipinski definition) is 2. The number of fused-ring (bicyclic) bond motifs is 1. The average Bonchev–Trinajstić information content (AvgIpc) is 3.00. The lowest BCUT2D eigenvalue weighted by atomic mass is 9.97. The Hall–Kier alpha value is -3.02. The molecule has 2 aromatic carbocycles. The Morgan fingerprint density at radius 1 is 1.04 bits per heavy atom. The molecule has 28 heavy (non-hydrogen) atoms. The van der Waals surface area contributed by atoms with Gasteiger partial charge in [0, 0.05) is 23.9 Å². The molecule has 0 saturated carbocycles. The standard InChI is InChI=1S/C22H26N2O4/c1-3-11-27-19-10-9-15(13-20(19)28-12-4-2)23-21(25)14-17-16-7-5-6-8-18(16)24-22(17)26/h5-10,13,17H,3-4,11-12,14H2,1-2H3,(H,23,25)(H,24,26). The average molecular weight is 382 g/mol. The van der Waals surface area contributed by atoms with Crippen LogP contribution in [0.25, 0.3) is 0 Å². The number of anilines is 2. The summed E-state index contributed by atoms with van der Waals surface area (Å²) in [5.74, 6) is 0.431. The fourth-order valence-electron chi connectivity index (χ4n) is 3.12. The van der Waals surface area contributed by atoms with Crippen LogP contribution in [0.1, 0.15) is 44.6 Å². The van der Waals surface area contributed by atoms with Crippen molar-refractivity contribution in [2.75, 3.05) is 23.8 Å². The van der Waals surface area contributed by atoms with Crippen molar-refractivity contribution < 1.29 is 19.1 Å². The highest BCUT2D eigenvalue weighted by molar-refractivity contribution is 6.06. The van der Waals surface area contributed by atoms with Crippen molar-refractivity contribution in [3.8, 4) is 11.5 Å². The van der Waals surface area contributed by atoms with Gasteiger partial charge in [-0.2, -0.15) is 0 Å². The van der Waals surface area contributed by atoms with Crippen LogP contribution >= 0.6 is 0 Å². The highest BCUT2D eigenvalue weighted by Gasteiger charge is 2.31. The molecule has 6 heteroatoms. The van der Waals surface area contributed by atoms with Gasteiger partial charge in [-0.3, -0.25) is 9.59 Å². The smallest absolute Gasteiger partial charge is 0.232 e. The quantitative estimate of drug-likeness (QED) is 0.677. The Morgan fingerprint density at radius 2 is 1.75 bits per heavy atom. The summed E-state index contributed by atoms with van der Waals surface area (Å²) >= 11 is 0. The second kappa shape index (κ2) is 9.26. The Kier molecular flexibility index (Phi) is 6.53. The van der Waals surface area contributed by atoms with Gasteiger partial charge in [0.2, 0.25) is 11.8 Å². The van der Waals surface area contributed by atoms with Crippen LogP contribution in [-0.2, 0) is 9.59 Å². The molecule has 1 aliphatic heterocycles. The number of benzene rings is 2. The van der Waals surface area contributed by atoms with Gasteiger partial charge >= 0.3 is 0 Å². The molecule has 2 aromatic rings. The molecule has 148 valence electrons. The third kappa shape index (κ3) is 4.63. The Labute approximate surface area is 165 Å². The van der Waals surface area contributed by atoms with Crippen molar-refractivity contribution in [2.45, 2.75) is 39.0 Å². The highest BCUT2D eigenvalue weighted by atomic mass is 16.5. The van der Waals surface area contributed by atoms with Crippen molar-refractivity contribution in [1.82, 2.24) is 0 Å². The molecule has 0 fully saturated rings. The number of nitrogens with one attached hydrogen (secondary N) is 2. The van der Waals surface area contributed by atoms with Crippen molar-refractivity contribution in [1.29, 1.82) is 0 Å². The molecule has 1 unspecified atom stereocenters. The first-order valence-corrected chi connectivity index (χ1v) is 9.71. The van der Waals surface area contributed by atoms with Crippen LogP contribution in [0, 0.1) is 0 Å². The second-order valence-electron chi connectivity index (χ2n) is 6.74. The Bertz CT molecular complexity index is 850. The molecule has 2 amide bonds. The molecule has 1 aliphatic rings. The number of ether oxygens (including phenoxy) is 2. The minimum absolute atomic E-state index is 0.0854. The van der Waals surface area contributed by atoms with E-state index in [9.17, 15) is 9.59 Å². The molecule has 0 saturated heterocycles. The summed E-state index contributed by atoms with van der Waals surface area (Å²) in [6, 6.07) is 12.8. The number of para-hydroxylation sites is 1. The normalized spacial score (nSPS) is 14.9. The first kappa shape index (κ1) is 19.7. The molecular weight excluding hydrogens is 356 g/mol. The summed E-state index contributed by atoms with van der Waals surface area (Å²) < 4.78 is 11.5. The van der Waals surface area contributed by atoms with E-state index in [0.29, 0.717) is 30.4 Å². The van der Waals surface area contributed by atoms with Crippen LogP contribution in [0.2, 0.25) is 0 Å². The molecule has 1 heterocycles. The zero-order valence-corrected chi connectivity index (χ0v) is 16.3. The van der Waals surface area contributed by atoms with Gasteiger partial charge in [0.15, 0.2) is 11.5 Å². The summed E-state index contributed by atoms with van der Waals surface area (Å²) in [6.45, 7) is 5.24. The number of hydrogen-bond acceptors (Lipinski definition) is 4. The van der Waals surface area contributed by atoms with E-state index in [1.54, 1.807) is 18.2 Å². The molecule has 2 N–H and O–H groups in total. The monoisotopic (exact) mass is 382 g/mol. The van der Waals surface area contributed by atoms with E-state index in [2.05, 4.69) is 10.6 Å². The van der Waals surface area contributed by atoms with Crippen LogP contribution < -0.4 is 20.1 Å². The van der Waals surface area contributed by atoms with Crippen molar-refractivity contribution in [3.63, 3.8) is 0 Å². The third-order valence-corrected chi connectivity index (χ3v) is 4.45. The maximum atomic E-state index is 12.5. The van der Waals surface area contributed by atoms with Gasteiger partial charge in [-0.15, -0.1) is 0 Å². The number of carbonyl (C=O) groups is 2. The first-order valence-electron chi connectivity index (χ1n) is 9.71. The zero-order valence-electron chi connectivity index (χ0n) is 16.3. The summed E-state index contributed by atoms with van der Waals surface area (Å²) in [5.41, 5.74) is 2.25. The molecule has 0 spiro atoms. The number of rotatable bonds is 9. The maximum Gasteiger partial charge on any atom is 0.232 e. The fourth-order valence-corrected chi connectivity index (χ4v) is 3.12. The highest BCUT2D eigenvalue weighted by Crippen LogP contribution is 2.35. The van der Waals surface area contributed by atoms with Gasteiger partial charge in [-0.1, -0.05) is 32.0 Å². The van der Waals surface area contributed by atoms with E-state index in [1.807, 2.05) is 38.1 Å². The predicted octanol–water partition coefficient (Wildman–Crippen LogP) is 4.33. The molecule has 3 rings (SSSR count). The van der Waals surface area contributed by atoms with E-state index in [1.165, 1.54) is 0 Å². The number of amides is 2. The first-order chi connectivity index (χ1) is 13.6. The van der Waals surface area contributed by atoms with E-state index >= 15 is 0 Å². The topological polar surface area (TPSA) is 76.7 Å². The molecule has 0 aliphatic carbocycles. The van der Waals surface area contributed by atoms with Crippen LogP contribution in [0.15, 0.2) is 42.5 Å². The summed E-state index contributed by atoms with van der Waals surface area (Å²) in [4.78, 5) is 24.8. The Balaban J connectivity index is 1.69. The maximum absolute atomic E-state index is 12.5. The van der Waals surface area contributed by atoms with Crippen LogP contribution in [0.4, 0.5) is 11.4 Å². The van der Waals surface area contributed by atoms with Gasteiger partial charge in [0.05, 0.1) is 19.1 Å². The van der Waals surface area contributed by atoms with Gasteiger partial charge < -0.3 is 20.1 Å². The largest absolute Gasteiger partial charge is 0.490 e. The lowest BCUT2D eigenvalue weighted by Gasteiger charge is -2.15. The summed E-state index contributed by atoms with van der Waals surface area (Å²) in [6.07, 6.45) is 1.86. The minimum atomic E-state index is -0.473. The molecule has 0 radical (unpaired) electrons. The lowest BCUT2D eigenvalue weighted by molar-refractivity contribution is -0.122. The Morgan fingerprint density at radius 3 is 2.50 bits per heavy atom. The lowest BCUT2D eigenvalue weighted by Crippen LogP contribution is -2.20. The molecule has 6 nitrogen and oxygen atoms in total. The molecular formula is C22H26N2O4. The van der Waals surface area contributed by atoms with Crippen LogP contribution in [-0.4, -0.2) is 25.0 Å². The van der Waals surface area contributed by atoms with Crippen molar-refractivity contribution in [3.05, 3.63) is 48.0 Å². The third-order valence-electron chi connectivity index (χ3n) is 4.45.